The first kappa shape index (κ1) is 17.2. The van der Waals surface area contributed by atoms with Crippen molar-refractivity contribution in [3.8, 4) is 0 Å². The lowest BCUT2D eigenvalue weighted by Gasteiger charge is -2.17. The molecule has 2 aromatic rings. The molecule has 126 valence electrons. The summed E-state index contributed by atoms with van der Waals surface area (Å²) in [4.78, 5) is 4.29. The molecule has 0 saturated heterocycles. The Bertz CT molecular complexity index is 834. The van der Waals surface area contributed by atoms with Gasteiger partial charge in [0.2, 0.25) is 0 Å². The topological polar surface area (TPSA) is 21.6 Å². The standard InChI is InChI=1S/C22H20ClNO/c1-24-21(18-11-6-3-7-12-18)22(19-13-8-14-20(23)15-19)25-16-17-9-4-2-5-10-17/h2-6,8-11,13-15H,1,7,12,16H2/b22-21-. The zero-order chi connectivity index (χ0) is 17.5. The SMILES string of the molecule is C=N/C(C1=CC=CCC1)=C(\OCc1ccccc1)c1cccc(Cl)c1. The lowest BCUT2D eigenvalue weighted by atomic mass is 9.99. The molecule has 3 rings (SSSR count). The lowest BCUT2D eigenvalue weighted by Crippen LogP contribution is -2.01. The van der Waals surface area contributed by atoms with Crippen LogP contribution in [0.3, 0.4) is 0 Å². The Kier molecular flexibility index (Phi) is 5.86. The predicted octanol–water partition coefficient (Wildman–Crippen LogP) is 6.20. The summed E-state index contributed by atoms with van der Waals surface area (Å²) in [6.07, 6.45) is 8.19. The van der Waals surface area contributed by atoms with Crippen LogP contribution >= 0.6 is 11.6 Å². The summed E-state index contributed by atoms with van der Waals surface area (Å²) < 4.78 is 6.20. The van der Waals surface area contributed by atoms with E-state index in [0.717, 1.165) is 35.2 Å². The molecule has 0 N–H and O–H groups in total. The van der Waals surface area contributed by atoms with E-state index in [-0.39, 0.29) is 0 Å². The van der Waals surface area contributed by atoms with Crippen molar-refractivity contribution in [2.24, 2.45) is 4.99 Å². The number of hydrogen-bond acceptors (Lipinski definition) is 2. The van der Waals surface area contributed by atoms with E-state index in [2.05, 4.69) is 29.9 Å². The van der Waals surface area contributed by atoms with Gasteiger partial charge in [-0.2, -0.15) is 0 Å². The van der Waals surface area contributed by atoms with Crippen molar-refractivity contribution in [1.82, 2.24) is 0 Å². The van der Waals surface area contributed by atoms with Gasteiger partial charge in [0.05, 0.1) is 0 Å². The third kappa shape index (κ3) is 4.49. The van der Waals surface area contributed by atoms with Gasteiger partial charge in [-0.3, -0.25) is 4.99 Å². The molecular weight excluding hydrogens is 330 g/mol. The van der Waals surface area contributed by atoms with Gasteiger partial charge < -0.3 is 4.74 Å². The fourth-order valence-electron chi connectivity index (χ4n) is 2.77. The highest BCUT2D eigenvalue weighted by Gasteiger charge is 2.16. The third-order valence-electron chi connectivity index (χ3n) is 4.00. The number of nitrogens with zero attached hydrogens (tertiary/aromatic N) is 1. The molecule has 0 unspecified atom stereocenters. The van der Waals surface area contributed by atoms with Gasteiger partial charge >= 0.3 is 0 Å². The third-order valence-corrected chi connectivity index (χ3v) is 4.24. The number of rotatable bonds is 6. The van der Waals surface area contributed by atoms with E-state index in [0.29, 0.717) is 17.4 Å². The van der Waals surface area contributed by atoms with Gasteiger partial charge in [0.25, 0.3) is 0 Å². The average Bonchev–Trinajstić information content (AvgIpc) is 2.66. The highest BCUT2D eigenvalue weighted by Crippen LogP contribution is 2.31. The Labute approximate surface area is 153 Å². The summed E-state index contributed by atoms with van der Waals surface area (Å²) in [5.74, 6) is 0.711. The zero-order valence-corrected chi connectivity index (χ0v) is 14.7. The summed E-state index contributed by atoms with van der Waals surface area (Å²) >= 11 is 6.19. The molecule has 0 radical (unpaired) electrons. The van der Waals surface area contributed by atoms with Gasteiger partial charge in [0.1, 0.15) is 12.3 Å². The molecule has 0 bridgehead atoms. The molecule has 0 heterocycles. The van der Waals surface area contributed by atoms with Gasteiger partial charge in [-0.1, -0.05) is 72.3 Å². The molecule has 0 saturated carbocycles. The minimum atomic E-state index is 0.463. The highest BCUT2D eigenvalue weighted by molar-refractivity contribution is 6.30. The minimum Gasteiger partial charge on any atom is -0.486 e. The molecule has 0 aliphatic heterocycles. The molecule has 1 aliphatic rings. The van der Waals surface area contributed by atoms with Crippen LogP contribution in [0.25, 0.3) is 5.76 Å². The first-order valence-electron chi connectivity index (χ1n) is 8.27. The summed E-state index contributed by atoms with van der Waals surface area (Å²) in [5, 5.41) is 0.666. The number of halogens is 1. The van der Waals surface area contributed by atoms with E-state index in [9.17, 15) is 0 Å². The van der Waals surface area contributed by atoms with Gasteiger partial charge in [-0.05, 0) is 42.8 Å². The van der Waals surface area contributed by atoms with E-state index in [1.807, 2.05) is 54.6 Å². The molecule has 2 aromatic carbocycles. The van der Waals surface area contributed by atoms with Crippen molar-refractivity contribution in [2.75, 3.05) is 0 Å². The van der Waals surface area contributed by atoms with Crippen LogP contribution in [0.2, 0.25) is 5.02 Å². The minimum absolute atomic E-state index is 0.463. The fourth-order valence-corrected chi connectivity index (χ4v) is 2.96. The Balaban J connectivity index is 2.01. The largest absolute Gasteiger partial charge is 0.486 e. The molecular formula is C22H20ClNO. The summed E-state index contributed by atoms with van der Waals surface area (Å²) in [5.41, 5.74) is 3.91. The Morgan fingerprint density at radius 1 is 1.12 bits per heavy atom. The van der Waals surface area contributed by atoms with E-state index in [1.54, 1.807) is 0 Å². The van der Waals surface area contributed by atoms with Gasteiger partial charge in [-0.15, -0.1) is 0 Å². The summed E-state index contributed by atoms with van der Waals surface area (Å²) in [7, 11) is 0. The number of ether oxygens (including phenoxy) is 1. The van der Waals surface area contributed by atoms with E-state index in [4.69, 9.17) is 16.3 Å². The second kappa shape index (κ2) is 8.50. The molecule has 2 nitrogen and oxygen atoms in total. The van der Waals surface area contributed by atoms with Gasteiger partial charge in [-0.25, -0.2) is 0 Å². The van der Waals surface area contributed by atoms with Crippen molar-refractivity contribution < 1.29 is 4.74 Å². The fraction of sp³-hybridized carbons (Fsp3) is 0.136. The molecule has 3 heteroatoms. The van der Waals surface area contributed by atoms with Crippen LogP contribution in [-0.4, -0.2) is 6.72 Å². The van der Waals surface area contributed by atoms with Crippen LogP contribution in [0.15, 0.2) is 89.1 Å². The van der Waals surface area contributed by atoms with E-state index >= 15 is 0 Å². The predicted molar refractivity (Wildman–Crippen MR) is 106 cm³/mol. The monoisotopic (exact) mass is 349 g/mol. The molecule has 0 amide bonds. The Morgan fingerprint density at radius 3 is 2.64 bits per heavy atom. The molecule has 0 fully saturated rings. The quantitative estimate of drug-likeness (QED) is 0.449. The van der Waals surface area contributed by atoms with Crippen molar-refractivity contribution in [1.29, 1.82) is 0 Å². The first-order chi connectivity index (χ1) is 12.3. The lowest BCUT2D eigenvalue weighted by molar-refractivity contribution is 0.262. The average molecular weight is 350 g/mol. The van der Waals surface area contributed by atoms with Crippen LogP contribution in [-0.2, 0) is 11.3 Å². The van der Waals surface area contributed by atoms with Gasteiger partial charge in [0.15, 0.2) is 5.76 Å². The highest BCUT2D eigenvalue weighted by atomic mass is 35.5. The second-order valence-electron chi connectivity index (χ2n) is 5.78. The molecule has 0 spiro atoms. The maximum Gasteiger partial charge on any atom is 0.152 e. The van der Waals surface area contributed by atoms with Crippen molar-refractivity contribution in [3.05, 3.63) is 100 Å². The first-order valence-corrected chi connectivity index (χ1v) is 8.65. The number of hydrogen-bond donors (Lipinski definition) is 0. The smallest absolute Gasteiger partial charge is 0.152 e. The number of allylic oxidation sites excluding steroid dienone is 4. The second-order valence-corrected chi connectivity index (χ2v) is 6.22. The molecule has 0 atom stereocenters. The van der Waals surface area contributed by atoms with Crippen LogP contribution < -0.4 is 0 Å². The zero-order valence-electron chi connectivity index (χ0n) is 14.0. The Hall–Kier alpha value is -2.58. The van der Waals surface area contributed by atoms with Crippen molar-refractivity contribution in [2.45, 2.75) is 19.4 Å². The van der Waals surface area contributed by atoms with Crippen molar-refractivity contribution >= 4 is 24.1 Å². The van der Waals surface area contributed by atoms with E-state index in [1.165, 1.54) is 0 Å². The van der Waals surface area contributed by atoms with Crippen LogP contribution in [0.1, 0.15) is 24.0 Å². The van der Waals surface area contributed by atoms with Gasteiger partial charge in [0, 0.05) is 10.6 Å². The summed E-state index contributed by atoms with van der Waals surface area (Å²) in [6.45, 7) is 4.24. The molecule has 0 aromatic heterocycles. The summed E-state index contributed by atoms with van der Waals surface area (Å²) in [6, 6.07) is 17.7. The maximum absolute atomic E-state index is 6.20. The Morgan fingerprint density at radius 2 is 1.96 bits per heavy atom. The maximum atomic E-state index is 6.20. The van der Waals surface area contributed by atoms with Crippen LogP contribution in [0, 0.1) is 0 Å². The van der Waals surface area contributed by atoms with Crippen LogP contribution in [0.4, 0.5) is 0 Å². The van der Waals surface area contributed by atoms with Crippen LogP contribution in [0.5, 0.6) is 0 Å². The van der Waals surface area contributed by atoms with E-state index < -0.39 is 0 Å². The molecule has 25 heavy (non-hydrogen) atoms. The number of benzene rings is 2. The number of aliphatic imine (C=N–C) groups is 1. The normalized spacial score (nSPS) is 14.5. The van der Waals surface area contributed by atoms with Crippen molar-refractivity contribution in [3.63, 3.8) is 0 Å². The molecule has 1 aliphatic carbocycles.